The molecule has 0 bridgehead atoms. The average Bonchev–Trinajstić information content (AvgIpc) is 3.39. The molecule has 0 radical (unpaired) electrons. The maximum absolute atomic E-state index is 12.2. The van der Waals surface area contributed by atoms with Gasteiger partial charge in [-0.1, -0.05) is 36.4 Å². The van der Waals surface area contributed by atoms with Gasteiger partial charge >= 0.3 is 0 Å². The van der Waals surface area contributed by atoms with Crippen molar-refractivity contribution in [1.29, 1.82) is 0 Å². The van der Waals surface area contributed by atoms with Gasteiger partial charge in [0.15, 0.2) is 11.5 Å². The maximum Gasteiger partial charge on any atom is 0.244 e. The summed E-state index contributed by atoms with van der Waals surface area (Å²) in [5, 5.41) is 21.8. The second kappa shape index (κ2) is 6.57. The Balaban J connectivity index is 1.67. The van der Waals surface area contributed by atoms with Crippen molar-refractivity contribution >= 4 is 12.0 Å². The van der Waals surface area contributed by atoms with Gasteiger partial charge in [0, 0.05) is 6.08 Å². The van der Waals surface area contributed by atoms with E-state index in [-0.39, 0.29) is 23.4 Å². The Kier molecular flexibility index (Phi) is 4.33. The molecular formula is C19H19NO3. The van der Waals surface area contributed by atoms with Crippen LogP contribution >= 0.6 is 0 Å². The lowest BCUT2D eigenvalue weighted by Crippen LogP contribution is -2.28. The van der Waals surface area contributed by atoms with E-state index < -0.39 is 0 Å². The number of carbonyl (C=O) groups is 1. The zero-order chi connectivity index (χ0) is 16.2. The lowest BCUT2D eigenvalue weighted by Gasteiger charge is -2.17. The molecule has 3 N–H and O–H groups in total. The van der Waals surface area contributed by atoms with E-state index in [2.05, 4.69) is 5.32 Å². The van der Waals surface area contributed by atoms with Crippen molar-refractivity contribution < 1.29 is 15.0 Å². The molecule has 0 aromatic heterocycles. The van der Waals surface area contributed by atoms with Crippen LogP contribution in [0.15, 0.2) is 54.6 Å². The van der Waals surface area contributed by atoms with E-state index in [0.29, 0.717) is 11.5 Å². The topological polar surface area (TPSA) is 69.6 Å². The number of phenols is 2. The van der Waals surface area contributed by atoms with Crippen molar-refractivity contribution in [1.82, 2.24) is 5.32 Å². The van der Waals surface area contributed by atoms with Gasteiger partial charge in [-0.05, 0) is 48.1 Å². The Hall–Kier alpha value is -2.75. The first-order chi connectivity index (χ1) is 11.1. The molecule has 4 nitrogen and oxygen atoms in total. The zero-order valence-electron chi connectivity index (χ0n) is 12.6. The van der Waals surface area contributed by atoms with Crippen molar-refractivity contribution in [3.8, 4) is 11.5 Å². The molecule has 1 atom stereocenters. The van der Waals surface area contributed by atoms with Crippen molar-refractivity contribution in [2.24, 2.45) is 5.92 Å². The second-order valence-corrected chi connectivity index (χ2v) is 5.82. The SMILES string of the molecule is O=C(/C=C/c1ccc(O)c(O)c1)NC(c1ccccc1)C1CC1. The summed E-state index contributed by atoms with van der Waals surface area (Å²) >= 11 is 0. The first-order valence-electron chi connectivity index (χ1n) is 7.69. The summed E-state index contributed by atoms with van der Waals surface area (Å²) in [6.07, 6.45) is 5.33. The van der Waals surface area contributed by atoms with Gasteiger partial charge in [-0.25, -0.2) is 0 Å². The molecule has 1 saturated carbocycles. The summed E-state index contributed by atoms with van der Waals surface area (Å²) in [6.45, 7) is 0. The number of nitrogens with one attached hydrogen (secondary N) is 1. The van der Waals surface area contributed by atoms with E-state index in [4.69, 9.17) is 0 Å². The highest BCUT2D eigenvalue weighted by Gasteiger charge is 2.32. The summed E-state index contributed by atoms with van der Waals surface area (Å²) in [5.74, 6) is -0.0389. The number of carbonyl (C=O) groups excluding carboxylic acids is 1. The van der Waals surface area contributed by atoms with Gasteiger partial charge in [0.1, 0.15) is 0 Å². The number of phenolic OH excluding ortho intramolecular Hbond substituents is 2. The Morgan fingerprint density at radius 3 is 2.48 bits per heavy atom. The Morgan fingerprint density at radius 2 is 1.83 bits per heavy atom. The predicted octanol–water partition coefficient (Wildman–Crippen LogP) is 3.38. The zero-order valence-corrected chi connectivity index (χ0v) is 12.6. The summed E-state index contributed by atoms with van der Waals surface area (Å²) < 4.78 is 0. The molecule has 0 heterocycles. The third-order valence-corrected chi connectivity index (χ3v) is 3.98. The number of hydrogen-bond donors (Lipinski definition) is 3. The fourth-order valence-electron chi connectivity index (χ4n) is 2.58. The fourth-order valence-corrected chi connectivity index (χ4v) is 2.58. The van der Waals surface area contributed by atoms with Crippen LogP contribution in [0.4, 0.5) is 0 Å². The Bertz CT molecular complexity index is 721. The lowest BCUT2D eigenvalue weighted by atomic mass is 10.0. The van der Waals surface area contributed by atoms with Gasteiger partial charge < -0.3 is 15.5 Å². The summed E-state index contributed by atoms with van der Waals surface area (Å²) in [7, 11) is 0. The highest BCUT2D eigenvalue weighted by molar-refractivity contribution is 5.92. The van der Waals surface area contributed by atoms with Gasteiger partial charge in [-0.2, -0.15) is 0 Å². The first-order valence-corrected chi connectivity index (χ1v) is 7.69. The number of amides is 1. The Labute approximate surface area is 135 Å². The van der Waals surface area contributed by atoms with Crippen LogP contribution in [0.1, 0.15) is 30.0 Å². The molecule has 0 aliphatic heterocycles. The quantitative estimate of drug-likeness (QED) is 0.586. The van der Waals surface area contributed by atoms with E-state index in [9.17, 15) is 15.0 Å². The minimum Gasteiger partial charge on any atom is -0.504 e. The molecule has 1 aliphatic rings. The maximum atomic E-state index is 12.2. The molecule has 1 fully saturated rings. The normalized spacial score (nSPS) is 15.5. The number of benzene rings is 2. The molecule has 1 amide bonds. The van der Waals surface area contributed by atoms with Gasteiger partial charge in [0.25, 0.3) is 0 Å². The van der Waals surface area contributed by atoms with E-state index in [0.717, 1.165) is 18.4 Å². The largest absolute Gasteiger partial charge is 0.504 e. The smallest absolute Gasteiger partial charge is 0.244 e. The molecule has 0 saturated heterocycles. The third-order valence-electron chi connectivity index (χ3n) is 3.98. The van der Waals surface area contributed by atoms with Crippen molar-refractivity contribution in [2.75, 3.05) is 0 Å². The van der Waals surface area contributed by atoms with Crippen molar-refractivity contribution in [2.45, 2.75) is 18.9 Å². The summed E-state index contributed by atoms with van der Waals surface area (Å²) in [6, 6.07) is 14.5. The van der Waals surface area contributed by atoms with Gasteiger partial charge in [0.05, 0.1) is 6.04 Å². The lowest BCUT2D eigenvalue weighted by molar-refractivity contribution is -0.117. The number of hydrogen-bond acceptors (Lipinski definition) is 3. The van der Waals surface area contributed by atoms with Crippen LogP contribution in [0, 0.1) is 5.92 Å². The van der Waals surface area contributed by atoms with E-state index in [1.165, 1.54) is 18.2 Å². The molecule has 2 aromatic rings. The first kappa shape index (κ1) is 15.2. The standard InChI is InChI=1S/C19H19NO3/c21-16-10-6-13(12-17(16)22)7-11-18(23)20-19(15-8-9-15)14-4-2-1-3-5-14/h1-7,10-12,15,19,21-22H,8-9H2,(H,20,23)/b11-7+. The van der Waals surface area contributed by atoms with Gasteiger partial charge in [0.2, 0.25) is 5.91 Å². The highest BCUT2D eigenvalue weighted by Crippen LogP contribution is 2.40. The molecule has 3 rings (SSSR count). The number of rotatable bonds is 5. The molecule has 4 heteroatoms. The summed E-state index contributed by atoms with van der Waals surface area (Å²) in [5.41, 5.74) is 1.78. The van der Waals surface area contributed by atoms with Crippen LogP contribution in [-0.4, -0.2) is 16.1 Å². The Morgan fingerprint density at radius 1 is 1.09 bits per heavy atom. The minimum absolute atomic E-state index is 0.0431. The van der Waals surface area contributed by atoms with Crippen molar-refractivity contribution in [3.05, 3.63) is 65.7 Å². The van der Waals surface area contributed by atoms with Crippen LogP contribution in [0.25, 0.3) is 6.08 Å². The van der Waals surface area contributed by atoms with Gasteiger partial charge in [-0.3, -0.25) is 4.79 Å². The molecule has 2 aromatic carbocycles. The fraction of sp³-hybridized carbons (Fsp3) is 0.211. The van der Waals surface area contributed by atoms with E-state index in [1.54, 1.807) is 12.1 Å². The summed E-state index contributed by atoms with van der Waals surface area (Å²) in [4.78, 5) is 12.2. The van der Waals surface area contributed by atoms with Gasteiger partial charge in [-0.15, -0.1) is 0 Å². The van der Waals surface area contributed by atoms with Crippen molar-refractivity contribution in [3.63, 3.8) is 0 Å². The average molecular weight is 309 g/mol. The molecule has 1 unspecified atom stereocenters. The molecular weight excluding hydrogens is 290 g/mol. The minimum atomic E-state index is -0.201. The van der Waals surface area contributed by atoms with Crippen LogP contribution in [0.5, 0.6) is 11.5 Å². The molecule has 118 valence electrons. The van der Waals surface area contributed by atoms with E-state index in [1.807, 2.05) is 30.3 Å². The van der Waals surface area contributed by atoms with Crippen LogP contribution in [-0.2, 0) is 4.79 Å². The second-order valence-electron chi connectivity index (χ2n) is 5.82. The molecule has 0 spiro atoms. The molecule has 1 aliphatic carbocycles. The van der Waals surface area contributed by atoms with Crippen LogP contribution in [0.3, 0.4) is 0 Å². The monoisotopic (exact) mass is 309 g/mol. The number of aromatic hydroxyl groups is 2. The third kappa shape index (κ3) is 3.92. The van der Waals surface area contributed by atoms with Crippen LogP contribution < -0.4 is 5.32 Å². The van der Waals surface area contributed by atoms with Crippen LogP contribution in [0.2, 0.25) is 0 Å². The highest BCUT2D eigenvalue weighted by atomic mass is 16.3. The van der Waals surface area contributed by atoms with E-state index >= 15 is 0 Å². The predicted molar refractivity (Wildman–Crippen MR) is 88.9 cm³/mol. The molecule has 23 heavy (non-hydrogen) atoms.